The first kappa shape index (κ1) is 11.4. The Morgan fingerprint density at radius 2 is 2.25 bits per heavy atom. The van der Waals surface area contributed by atoms with Crippen molar-refractivity contribution >= 4 is 28.6 Å². The van der Waals surface area contributed by atoms with Gasteiger partial charge in [-0.2, -0.15) is 0 Å². The topological polar surface area (TPSA) is 12.0 Å². The second kappa shape index (κ2) is 4.85. The summed E-state index contributed by atoms with van der Waals surface area (Å²) in [6, 6.07) is 6.94. The van der Waals surface area contributed by atoms with E-state index in [0.29, 0.717) is 12.1 Å². The van der Waals surface area contributed by atoms with Crippen LogP contribution in [0.2, 0.25) is 5.02 Å². The Labute approximate surface area is 103 Å². The molecule has 16 heavy (non-hydrogen) atoms. The van der Waals surface area contributed by atoms with E-state index < -0.39 is 0 Å². The Balaban J connectivity index is 2.07. The Kier molecular flexibility index (Phi) is 3.46. The molecule has 0 amide bonds. The van der Waals surface area contributed by atoms with Gasteiger partial charge in [-0.15, -0.1) is 11.3 Å². The fourth-order valence-electron chi connectivity index (χ4n) is 1.43. The molecule has 4 heteroatoms. The van der Waals surface area contributed by atoms with Gasteiger partial charge in [0.25, 0.3) is 0 Å². The minimum absolute atomic E-state index is 0.186. The number of halogens is 2. The molecule has 1 nitrogen and oxygen atoms in total. The predicted molar refractivity (Wildman–Crippen MR) is 67.8 cm³/mol. The molecule has 0 bridgehead atoms. The highest BCUT2D eigenvalue weighted by Crippen LogP contribution is 2.22. The van der Waals surface area contributed by atoms with Crippen LogP contribution in [0.25, 0.3) is 0 Å². The number of rotatable bonds is 3. The van der Waals surface area contributed by atoms with Gasteiger partial charge in [-0.3, -0.25) is 0 Å². The van der Waals surface area contributed by atoms with Gasteiger partial charge >= 0.3 is 0 Å². The summed E-state index contributed by atoms with van der Waals surface area (Å²) in [4.78, 5) is 1.13. The van der Waals surface area contributed by atoms with Crippen molar-refractivity contribution in [2.45, 2.75) is 13.5 Å². The van der Waals surface area contributed by atoms with E-state index in [2.05, 4.69) is 5.32 Å². The average molecular weight is 256 g/mol. The van der Waals surface area contributed by atoms with Crippen molar-refractivity contribution in [1.82, 2.24) is 0 Å². The van der Waals surface area contributed by atoms with Crippen LogP contribution in [0.5, 0.6) is 0 Å². The third-order valence-corrected chi connectivity index (χ3v) is 3.63. The smallest absolute Gasteiger partial charge is 0.128 e. The number of benzene rings is 1. The van der Waals surface area contributed by atoms with E-state index in [1.165, 1.54) is 6.07 Å². The van der Waals surface area contributed by atoms with Crippen molar-refractivity contribution < 1.29 is 4.39 Å². The van der Waals surface area contributed by atoms with Gasteiger partial charge in [0.05, 0.1) is 5.02 Å². The summed E-state index contributed by atoms with van der Waals surface area (Å²) < 4.78 is 13.3. The summed E-state index contributed by atoms with van der Waals surface area (Å²) in [6.07, 6.45) is 0. The number of nitrogens with one attached hydrogen (secondary N) is 1. The van der Waals surface area contributed by atoms with Gasteiger partial charge in [-0.25, -0.2) is 4.39 Å². The Morgan fingerprint density at radius 3 is 2.94 bits per heavy atom. The van der Waals surface area contributed by atoms with Gasteiger partial charge in [0.1, 0.15) is 5.82 Å². The second-order valence-corrected chi connectivity index (χ2v) is 4.93. The monoisotopic (exact) mass is 255 g/mol. The van der Waals surface area contributed by atoms with E-state index in [-0.39, 0.29) is 5.82 Å². The fourth-order valence-corrected chi connectivity index (χ4v) is 2.44. The predicted octanol–water partition coefficient (Wildman–Crippen LogP) is 4.46. The maximum atomic E-state index is 13.3. The van der Waals surface area contributed by atoms with Crippen molar-refractivity contribution in [3.63, 3.8) is 0 Å². The first-order chi connectivity index (χ1) is 7.66. The van der Waals surface area contributed by atoms with Gasteiger partial charge in [0.15, 0.2) is 0 Å². The van der Waals surface area contributed by atoms with Crippen LogP contribution in [0.15, 0.2) is 29.6 Å². The molecule has 1 heterocycles. The quantitative estimate of drug-likeness (QED) is 0.854. The molecule has 1 N–H and O–H groups in total. The highest BCUT2D eigenvalue weighted by Gasteiger charge is 2.03. The third kappa shape index (κ3) is 2.54. The van der Waals surface area contributed by atoms with Crippen molar-refractivity contribution in [2.75, 3.05) is 5.32 Å². The second-order valence-electron chi connectivity index (χ2n) is 3.50. The first-order valence-electron chi connectivity index (χ1n) is 4.88. The SMILES string of the molecule is Cc1c(F)cccc1NCc1cc(Cl)cs1. The summed E-state index contributed by atoms with van der Waals surface area (Å²) in [5.41, 5.74) is 1.47. The number of hydrogen-bond acceptors (Lipinski definition) is 2. The minimum atomic E-state index is -0.186. The number of hydrogen-bond donors (Lipinski definition) is 1. The summed E-state index contributed by atoms with van der Waals surface area (Å²) >= 11 is 7.41. The molecular weight excluding hydrogens is 245 g/mol. The molecule has 0 saturated carbocycles. The van der Waals surface area contributed by atoms with Crippen LogP contribution in [0.1, 0.15) is 10.4 Å². The van der Waals surface area contributed by atoms with E-state index in [1.807, 2.05) is 17.5 Å². The standard InChI is InChI=1S/C12H11ClFNS/c1-8-11(14)3-2-4-12(8)15-6-10-5-9(13)7-16-10/h2-5,7,15H,6H2,1H3. The van der Waals surface area contributed by atoms with Crippen LogP contribution < -0.4 is 5.32 Å². The van der Waals surface area contributed by atoms with Gasteiger partial charge in [0, 0.05) is 28.1 Å². The lowest BCUT2D eigenvalue weighted by atomic mass is 10.2. The van der Waals surface area contributed by atoms with Crippen LogP contribution in [0.3, 0.4) is 0 Å². The van der Waals surface area contributed by atoms with Crippen molar-refractivity contribution in [3.05, 3.63) is 50.9 Å². The fraction of sp³-hybridized carbons (Fsp3) is 0.167. The maximum absolute atomic E-state index is 13.3. The highest BCUT2D eigenvalue weighted by atomic mass is 35.5. The highest BCUT2D eigenvalue weighted by molar-refractivity contribution is 7.10. The molecule has 0 atom stereocenters. The molecule has 84 valence electrons. The summed E-state index contributed by atoms with van der Waals surface area (Å²) in [7, 11) is 0. The van der Waals surface area contributed by atoms with E-state index in [9.17, 15) is 4.39 Å². The number of anilines is 1. The molecule has 2 rings (SSSR count). The average Bonchev–Trinajstić information content (AvgIpc) is 2.67. The largest absolute Gasteiger partial charge is 0.380 e. The maximum Gasteiger partial charge on any atom is 0.128 e. The van der Waals surface area contributed by atoms with E-state index in [1.54, 1.807) is 24.3 Å². The zero-order valence-corrected chi connectivity index (χ0v) is 10.3. The van der Waals surface area contributed by atoms with E-state index >= 15 is 0 Å². The van der Waals surface area contributed by atoms with Crippen LogP contribution in [-0.4, -0.2) is 0 Å². The first-order valence-corrected chi connectivity index (χ1v) is 6.14. The molecule has 0 saturated heterocycles. The Morgan fingerprint density at radius 1 is 1.44 bits per heavy atom. The van der Waals surface area contributed by atoms with Crippen LogP contribution in [0, 0.1) is 12.7 Å². The van der Waals surface area contributed by atoms with Crippen molar-refractivity contribution in [1.29, 1.82) is 0 Å². The summed E-state index contributed by atoms with van der Waals surface area (Å²) in [5.74, 6) is -0.186. The lowest BCUT2D eigenvalue weighted by molar-refractivity contribution is 0.619. The molecule has 2 aromatic rings. The van der Waals surface area contributed by atoms with Gasteiger partial charge in [-0.1, -0.05) is 17.7 Å². The molecule has 1 aromatic heterocycles. The van der Waals surface area contributed by atoms with Gasteiger partial charge in [-0.05, 0) is 25.1 Å². The van der Waals surface area contributed by atoms with Crippen molar-refractivity contribution in [2.24, 2.45) is 0 Å². The van der Waals surface area contributed by atoms with Crippen LogP contribution in [-0.2, 0) is 6.54 Å². The lowest BCUT2D eigenvalue weighted by Crippen LogP contribution is -2.00. The zero-order valence-electron chi connectivity index (χ0n) is 8.76. The number of thiophene rings is 1. The molecule has 0 fully saturated rings. The molecule has 0 spiro atoms. The van der Waals surface area contributed by atoms with E-state index in [4.69, 9.17) is 11.6 Å². The summed E-state index contributed by atoms with van der Waals surface area (Å²) in [6.45, 7) is 2.43. The Bertz CT molecular complexity index is 496. The lowest BCUT2D eigenvalue weighted by Gasteiger charge is -2.08. The third-order valence-electron chi connectivity index (χ3n) is 2.34. The molecule has 0 unspecified atom stereocenters. The molecule has 0 aliphatic heterocycles. The minimum Gasteiger partial charge on any atom is -0.380 e. The molecular formula is C12H11ClFNS. The molecule has 1 aromatic carbocycles. The van der Waals surface area contributed by atoms with Crippen LogP contribution >= 0.6 is 22.9 Å². The normalized spacial score (nSPS) is 10.4. The van der Waals surface area contributed by atoms with Gasteiger partial charge in [0.2, 0.25) is 0 Å². The summed E-state index contributed by atoms with van der Waals surface area (Å²) in [5, 5.41) is 5.83. The molecule has 0 radical (unpaired) electrons. The van der Waals surface area contributed by atoms with E-state index in [0.717, 1.165) is 15.6 Å². The van der Waals surface area contributed by atoms with Crippen molar-refractivity contribution in [3.8, 4) is 0 Å². The molecule has 0 aliphatic carbocycles. The molecule has 0 aliphatic rings. The van der Waals surface area contributed by atoms with Crippen LogP contribution in [0.4, 0.5) is 10.1 Å². The Hall–Kier alpha value is -1.06. The zero-order chi connectivity index (χ0) is 11.5. The van der Waals surface area contributed by atoms with Gasteiger partial charge < -0.3 is 5.32 Å².